The van der Waals surface area contributed by atoms with Gasteiger partial charge in [-0.2, -0.15) is 0 Å². The number of hydrogen-bond donors (Lipinski definition) is 2. The van der Waals surface area contributed by atoms with E-state index in [1.165, 1.54) is 0 Å². The van der Waals surface area contributed by atoms with E-state index in [-0.39, 0.29) is 18.9 Å². The number of pyridine rings is 1. The van der Waals surface area contributed by atoms with E-state index in [4.69, 9.17) is 0 Å². The minimum absolute atomic E-state index is 0.0205. The number of carbonyl (C=O) groups excluding carboxylic acids is 1. The third-order valence-corrected chi connectivity index (χ3v) is 4.38. The Morgan fingerprint density at radius 1 is 1.50 bits per heavy atom. The molecule has 20 heavy (non-hydrogen) atoms. The largest absolute Gasteiger partial charge is 0.394 e. The highest BCUT2D eigenvalue weighted by Gasteiger charge is 2.34. The van der Waals surface area contributed by atoms with Gasteiger partial charge in [0.2, 0.25) is 5.91 Å². The summed E-state index contributed by atoms with van der Waals surface area (Å²) in [5.41, 5.74) is 1.41. The molecule has 1 aliphatic rings. The molecule has 4 heteroatoms. The number of hydrogen-bond acceptors (Lipinski definition) is 3. The Kier molecular flexibility index (Phi) is 4.76. The average Bonchev–Trinajstić information content (AvgIpc) is 2.44. The Morgan fingerprint density at radius 3 is 2.80 bits per heavy atom. The molecular weight excluding hydrogens is 252 g/mol. The molecule has 0 unspecified atom stereocenters. The van der Waals surface area contributed by atoms with Crippen molar-refractivity contribution in [2.45, 2.75) is 51.5 Å². The van der Waals surface area contributed by atoms with Crippen molar-refractivity contribution in [3.63, 3.8) is 0 Å². The molecule has 0 radical (unpaired) electrons. The number of nitrogens with zero attached hydrogens (tertiary/aromatic N) is 1. The summed E-state index contributed by atoms with van der Waals surface area (Å²) in [7, 11) is 0. The van der Waals surface area contributed by atoms with E-state index in [1.54, 1.807) is 6.20 Å². The summed E-state index contributed by atoms with van der Waals surface area (Å²) in [5, 5.41) is 12.7. The van der Waals surface area contributed by atoms with E-state index in [0.717, 1.165) is 36.9 Å². The average molecular weight is 276 g/mol. The zero-order valence-corrected chi connectivity index (χ0v) is 12.4. The van der Waals surface area contributed by atoms with Crippen molar-refractivity contribution in [1.82, 2.24) is 10.3 Å². The van der Waals surface area contributed by atoms with E-state index >= 15 is 0 Å². The molecule has 4 nitrogen and oxygen atoms in total. The summed E-state index contributed by atoms with van der Waals surface area (Å²) in [6.07, 6.45) is 5.83. The van der Waals surface area contributed by atoms with Crippen LogP contribution >= 0.6 is 0 Å². The molecule has 0 aliphatic heterocycles. The van der Waals surface area contributed by atoms with Gasteiger partial charge in [0.15, 0.2) is 0 Å². The molecule has 110 valence electrons. The fraction of sp³-hybridized carbons (Fsp3) is 0.625. The second-order valence-corrected chi connectivity index (χ2v) is 6.11. The summed E-state index contributed by atoms with van der Waals surface area (Å²) in [6, 6.07) is 3.83. The van der Waals surface area contributed by atoms with E-state index in [2.05, 4.69) is 17.2 Å². The standard InChI is InChI=1S/C16H24N2O2/c1-12-5-7-16(11-19,8-6-12)18-15(20)10-14-13(2)4-3-9-17-14/h3-4,9,12,19H,5-8,10-11H2,1-2H3,(H,18,20). The number of nitrogens with one attached hydrogen (secondary N) is 1. The van der Waals surface area contributed by atoms with Crippen LogP contribution in [0.5, 0.6) is 0 Å². The highest BCUT2D eigenvalue weighted by atomic mass is 16.3. The fourth-order valence-corrected chi connectivity index (χ4v) is 2.83. The van der Waals surface area contributed by atoms with Gasteiger partial charge in [0, 0.05) is 6.20 Å². The zero-order chi connectivity index (χ0) is 14.6. The summed E-state index contributed by atoms with van der Waals surface area (Å²) in [6.45, 7) is 4.20. The quantitative estimate of drug-likeness (QED) is 0.884. The smallest absolute Gasteiger partial charge is 0.226 e. The Balaban J connectivity index is 1.98. The van der Waals surface area contributed by atoms with Gasteiger partial charge in [-0.3, -0.25) is 9.78 Å². The van der Waals surface area contributed by atoms with Gasteiger partial charge in [0.25, 0.3) is 0 Å². The topological polar surface area (TPSA) is 62.2 Å². The molecule has 1 heterocycles. The van der Waals surface area contributed by atoms with Gasteiger partial charge in [-0.15, -0.1) is 0 Å². The molecule has 1 saturated carbocycles. The Bertz CT molecular complexity index is 465. The molecule has 1 aromatic rings. The number of carbonyl (C=O) groups is 1. The second-order valence-electron chi connectivity index (χ2n) is 6.11. The number of aromatic nitrogens is 1. The molecular formula is C16H24N2O2. The van der Waals surface area contributed by atoms with Crippen LogP contribution in [0, 0.1) is 12.8 Å². The highest BCUT2D eigenvalue weighted by Crippen LogP contribution is 2.31. The van der Waals surface area contributed by atoms with Crippen molar-refractivity contribution in [3.05, 3.63) is 29.6 Å². The first-order valence-electron chi connectivity index (χ1n) is 7.37. The van der Waals surface area contributed by atoms with Crippen molar-refractivity contribution in [3.8, 4) is 0 Å². The third-order valence-electron chi connectivity index (χ3n) is 4.38. The Hall–Kier alpha value is -1.42. The summed E-state index contributed by atoms with van der Waals surface area (Å²) in [5.74, 6) is 0.639. The van der Waals surface area contributed by atoms with Gasteiger partial charge in [-0.25, -0.2) is 0 Å². The van der Waals surface area contributed by atoms with Crippen LogP contribution in [-0.4, -0.2) is 28.1 Å². The molecule has 0 spiro atoms. The Labute approximate surface area is 120 Å². The number of aliphatic hydroxyl groups is 1. The molecule has 0 bridgehead atoms. The van der Waals surface area contributed by atoms with E-state index in [0.29, 0.717) is 5.92 Å². The van der Waals surface area contributed by atoms with Crippen molar-refractivity contribution < 1.29 is 9.90 Å². The van der Waals surface area contributed by atoms with Crippen LogP contribution in [0.3, 0.4) is 0 Å². The van der Waals surface area contributed by atoms with Crippen molar-refractivity contribution in [2.24, 2.45) is 5.92 Å². The predicted molar refractivity (Wildman–Crippen MR) is 78.3 cm³/mol. The predicted octanol–water partition coefficient (Wildman–Crippen LogP) is 1.99. The lowest BCUT2D eigenvalue weighted by atomic mass is 9.77. The van der Waals surface area contributed by atoms with Crippen LogP contribution in [0.2, 0.25) is 0 Å². The zero-order valence-electron chi connectivity index (χ0n) is 12.4. The molecule has 1 amide bonds. The maximum Gasteiger partial charge on any atom is 0.226 e. The van der Waals surface area contributed by atoms with Crippen molar-refractivity contribution in [1.29, 1.82) is 0 Å². The third kappa shape index (κ3) is 3.57. The lowest BCUT2D eigenvalue weighted by Gasteiger charge is -2.38. The first kappa shape index (κ1) is 15.0. The first-order chi connectivity index (χ1) is 9.54. The maximum atomic E-state index is 12.2. The summed E-state index contributed by atoms with van der Waals surface area (Å²) in [4.78, 5) is 16.5. The number of aliphatic hydroxyl groups excluding tert-OH is 1. The van der Waals surface area contributed by atoms with Gasteiger partial charge in [0.05, 0.1) is 24.3 Å². The van der Waals surface area contributed by atoms with Crippen LogP contribution in [0.1, 0.15) is 43.9 Å². The highest BCUT2D eigenvalue weighted by molar-refractivity contribution is 5.79. The molecule has 1 fully saturated rings. The maximum absolute atomic E-state index is 12.2. The van der Waals surface area contributed by atoms with Gasteiger partial charge >= 0.3 is 0 Å². The number of amides is 1. The first-order valence-corrected chi connectivity index (χ1v) is 7.37. The molecule has 2 N–H and O–H groups in total. The minimum atomic E-state index is -0.424. The van der Waals surface area contributed by atoms with Crippen LogP contribution in [0.25, 0.3) is 0 Å². The molecule has 2 rings (SSSR count). The fourth-order valence-electron chi connectivity index (χ4n) is 2.83. The van der Waals surface area contributed by atoms with E-state index < -0.39 is 5.54 Å². The lowest BCUT2D eigenvalue weighted by Crippen LogP contribution is -2.53. The SMILES string of the molecule is Cc1cccnc1CC(=O)NC1(CO)CCC(C)CC1. The molecule has 1 aliphatic carbocycles. The normalized spacial score (nSPS) is 26.2. The van der Waals surface area contributed by atoms with Gasteiger partial charge in [0.1, 0.15) is 0 Å². The summed E-state index contributed by atoms with van der Waals surface area (Å²) < 4.78 is 0. The molecule has 1 aromatic heterocycles. The lowest BCUT2D eigenvalue weighted by molar-refractivity contribution is -0.123. The number of aryl methyl sites for hydroxylation is 1. The molecule has 0 atom stereocenters. The summed E-state index contributed by atoms with van der Waals surface area (Å²) >= 11 is 0. The van der Waals surface area contributed by atoms with Crippen LogP contribution in [-0.2, 0) is 11.2 Å². The van der Waals surface area contributed by atoms with Gasteiger partial charge in [-0.05, 0) is 50.2 Å². The van der Waals surface area contributed by atoms with Crippen LogP contribution < -0.4 is 5.32 Å². The number of rotatable bonds is 4. The Morgan fingerprint density at radius 2 is 2.20 bits per heavy atom. The van der Waals surface area contributed by atoms with Crippen LogP contribution in [0.4, 0.5) is 0 Å². The van der Waals surface area contributed by atoms with Crippen molar-refractivity contribution in [2.75, 3.05) is 6.61 Å². The minimum Gasteiger partial charge on any atom is -0.394 e. The van der Waals surface area contributed by atoms with E-state index in [1.807, 2.05) is 19.1 Å². The van der Waals surface area contributed by atoms with Gasteiger partial charge < -0.3 is 10.4 Å². The molecule has 0 aromatic carbocycles. The molecule has 0 saturated heterocycles. The second kappa shape index (κ2) is 6.35. The monoisotopic (exact) mass is 276 g/mol. The van der Waals surface area contributed by atoms with Crippen LogP contribution in [0.15, 0.2) is 18.3 Å². The van der Waals surface area contributed by atoms with Crippen molar-refractivity contribution >= 4 is 5.91 Å². The van der Waals surface area contributed by atoms with Gasteiger partial charge in [-0.1, -0.05) is 13.0 Å². The van der Waals surface area contributed by atoms with E-state index in [9.17, 15) is 9.90 Å².